The Kier molecular flexibility index (Phi) is 4.77. The zero-order valence-corrected chi connectivity index (χ0v) is 21.7. The highest BCUT2D eigenvalue weighted by molar-refractivity contribution is 6.11. The lowest BCUT2D eigenvalue weighted by atomic mass is 10.0. The van der Waals surface area contributed by atoms with Crippen LogP contribution in [0.4, 0.5) is 0 Å². The summed E-state index contributed by atoms with van der Waals surface area (Å²) in [5, 5.41) is 5.12. The first-order valence-corrected chi connectivity index (χ1v) is 13.5. The van der Waals surface area contributed by atoms with Crippen LogP contribution in [0.2, 0.25) is 0 Å². The molecule has 0 unspecified atom stereocenters. The standard InChI is InChI=1S/C37H26N2/c1-25-9-8-10-29(23-25)39-36-16-7-4-13-32(36)33-24-27(19-22-37(33)39)26-17-20-28(21-18-26)38-34-14-5-2-11-30(34)31-12-3-6-15-35(31)38/h2-24H,1H3. The van der Waals surface area contributed by atoms with Gasteiger partial charge in [0.1, 0.15) is 0 Å². The van der Waals surface area contributed by atoms with Gasteiger partial charge in [-0.05, 0) is 78.2 Å². The number of aromatic nitrogens is 2. The van der Waals surface area contributed by atoms with E-state index in [1.54, 1.807) is 0 Å². The molecule has 0 amide bonds. The maximum Gasteiger partial charge on any atom is 0.0541 e. The third-order valence-electron chi connectivity index (χ3n) is 7.97. The first-order valence-electron chi connectivity index (χ1n) is 13.5. The summed E-state index contributed by atoms with van der Waals surface area (Å²) in [6.07, 6.45) is 0. The van der Waals surface area contributed by atoms with Crippen LogP contribution in [-0.4, -0.2) is 9.13 Å². The average molecular weight is 499 g/mol. The molecule has 184 valence electrons. The van der Waals surface area contributed by atoms with Crippen molar-refractivity contribution >= 4 is 43.6 Å². The highest BCUT2D eigenvalue weighted by Crippen LogP contribution is 2.36. The third kappa shape index (κ3) is 3.35. The number of rotatable bonds is 3. The topological polar surface area (TPSA) is 9.86 Å². The van der Waals surface area contributed by atoms with E-state index >= 15 is 0 Å². The Morgan fingerprint density at radius 3 is 1.49 bits per heavy atom. The van der Waals surface area contributed by atoms with Gasteiger partial charge in [0.05, 0.1) is 22.1 Å². The molecular weight excluding hydrogens is 472 g/mol. The second-order valence-electron chi connectivity index (χ2n) is 10.3. The van der Waals surface area contributed by atoms with Gasteiger partial charge in [-0.15, -0.1) is 0 Å². The molecule has 2 heteroatoms. The molecular formula is C37H26N2. The number of hydrogen-bond acceptors (Lipinski definition) is 0. The molecule has 0 aliphatic rings. The van der Waals surface area contributed by atoms with Crippen molar-refractivity contribution in [2.24, 2.45) is 0 Å². The number of hydrogen-bond donors (Lipinski definition) is 0. The zero-order valence-electron chi connectivity index (χ0n) is 21.7. The molecule has 0 spiro atoms. The van der Waals surface area contributed by atoms with Gasteiger partial charge in [0.25, 0.3) is 0 Å². The maximum atomic E-state index is 2.38. The van der Waals surface area contributed by atoms with Crippen LogP contribution in [0.25, 0.3) is 66.1 Å². The normalized spacial score (nSPS) is 11.7. The Labute approximate surface area is 227 Å². The number of para-hydroxylation sites is 3. The molecule has 8 rings (SSSR count). The summed E-state index contributed by atoms with van der Waals surface area (Å²) in [4.78, 5) is 0. The van der Waals surface area contributed by atoms with Crippen molar-refractivity contribution in [2.75, 3.05) is 0 Å². The molecule has 0 radical (unpaired) electrons. The Hall–Kier alpha value is -5.08. The van der Waals surface area contributed by atoms with E-state index in [4.69, 9.17) is 0 Å². The Bertz CT molecular complexity index is 2120. The van der Waals surface area contributed by atoms with E-state index in [0.29, 0.717) is 0 Å². The fraction of sp³-hybridized carbons (Fsp3) is 0.0270. The van der Waals surface area contributed by atoms with Gasteiger partial charge in [0.2, 0.25) is 0 Å². The molecule has 0 saturated carbocycles. The van der Waals surface area contributed by atoms with Gasteiger partial charge in [-0.1, -0.05) is 84.9 Å². The Morgan fingerprint density at radius 2 is 0.872 bits per heavy atom. The highest BCUT2D eigenvalue weighted by atomic mass is 15.0. The average Bonchev–Trinajstić information content (AvgIpc) is 3.50. The number of aryl methyl sites for hydroxylation is 1. The van der Waals surface area contributed by atoms with E-state index in [2.05, 4.69) is 156 Å². The fourth-order valence-electron chi connectivity index (χ4n) is 6.20. The summed E-state index contributed by atoms with van der Waals surface area (Å²) < 4.78 is 4.75. The molecule has 6 aromatic carbocycles. The van der Waals surface area contributed by atoms with Crippen LogP contribution in [0, 0.1) is 6.92 Å². The molecule has 0 fully saturated rings. The van der Waals surface area contributed by atoms with E-state index in [1.165, 1.54) is 71.7 Å². The first kappa shape index (κ1) is 22.0. The van der Waals surface area contributed by atoms with Gasteiger partial charge in [-0.2, -0.15) is 0 Å². The summed E-state index contributed by atoms with van der Waals surface area (Å²) in [5.74, 6) is 0. The van der Waals surface area contributed by atoms with E-state index in [1.807, 2.05) is 0 Å². The van der Waals surface area contributed by atoms with Crippen molar-refractivity contribution in [3.8, 4) is 22.5 Å². The molecule has 2 nitrogen and oxygen atoms in total. The molecule has 39 heavy (non-hydrogen) atoms. The lowest BCUT2D eigenvalue weighted by Gasteiger charge is -2.10. The van der Waals surface area contributed by atoms with E-state index < -0.39 is 0 Å². The van der Waals surface area contributed by atoms with Crippen molar-refractivity contribution in [2.45, 2.75) is 6.92 Å². The summed E-state index contributed by atoms with van der Waals surface area (Å²) in [6, 6.07) is 50.6. The second-order valence-corrected chi connectivity index (χ2v) is 10.3. The van der Waals surface area contributed by atoms with Crippen LogP contribution in [0.3, 0.4) is 0 Å². The minimum Gasteiger partial charge on any atom is -0.309 e. The largest absolute Gasteiger partial charge is 0.309 e. The van der Waals surface area contributed by atoms with Crippen LogP contribution in [0.1, 0.15) is 5.56 Å². The van der Waals surface area contributed by atoms with E-state index in [-0.39, 0.29) is 0 Å². The van der Waals surface area contributed by atoms with Crippen molar-refractivity contribution in [1.82, 2.24) is 9.13 Å². The molecule has 2 aromatic heterocycles. The molecule has 2 heterocycles. The van der Waals surface area contributed by atoms with Crippen molar-refractivity contribution in [3.05, 3.63) is 145 Å². The molecule has 0 aliphatic carbocycles. The van der Waals surface area contributed by atoms with Crippen LogP contribution >= 0.6 is 0 Å². The lowest BCUT2D eigenvalue weighted by Crippen LogP contribution is -1.94. The van der Waals surface area contributed by atoms with Crippen LogP contribution in [0.5, 0.6) is 0 Å². The van der Waals surface area contributed by atoms with Crippen molar-refractivity contribution in [3.63, 3.8) is 0 Å². The van der Waals surface area contributed by atoms with Crippen molar-refractivity contribution < 1.29 is 0 Å². The quantitative estimate of drug-likeness (QED) is 0.229. The number of benzene rings is 6. The second kappa shape index (κ2) is 8.47. The highest BCUT2D eigenvalue weighted by Gasteiger charge is 2.14. The van der Waals surface area contributed by atoms with Crippen molar-refractivity contribution in [1.29, 1.82) is 0 Å². The fourth-order valence-corrected chi connectivity index (χ4v) is 6.20. The SMILES string of the molecule is Cc1cccc(-n2c3ccccc3c3cc(-c4ccc(-n5c6ccccc6c6ccccc65)cc4)ccc32)c1. The van der Waals surface area contributed by atoms with Gasteiger partial charge in [0, 0.05) is 32.9 Å². The monoisotopic (exact) mass is 498 g/mol. The third-order valence-corrected chi connectivity index (χ3v) is 7.97. The molecule has 0 atom stereocenters. The molecule has 8 aromatic rings. The molecule has 0 aliphatic heterocycles. The molecule has 0 bridgehead atoms. The first-order chi connectivity index (χ1) is 19.3. The van der Waals surface area contributed by atoms with E-state index in [0.717, 1.165) is 0 Å². The Balaban J connectivity index is 1.27. The molecule has 0 N–H and O–H groups in total. The zero-order chi connectivity index (χ0) is 25.9. The smallest absolute Gasteiger partial charge is 0.0541 e. The van der Waals surface area contributed by atoms with Gasteiger partial charge in [0.15, 0.2) is 0 Å². The summed E-state index contributed by atoms with van der Waals surface area (Å²) in [6.45, 7) is 2.15. The lowest BCUT2D eigenvalue weighted by molar-refractivity contribution is 1.17. The van der Waals surface area contributed by atoms with Crippen LogP contribution in [0.15, 0.2) is 140 Å². The van der Waals surface area contributed by atoms with Gasteiger partial charge >= 0.3 is 0 Å². The van der Waals surface area contributed by atoms with Gasteiger partial charge < -0.3 is 9.13 Å². The minimum absolute atomic E-state index is 1.17. The minimum atomic E-state index is 1.17. The predicted molar refractivity (Wildman–Crippen MR) is 165 cm³/mol. The van der Waals surface area contributed by atoms with Gasteiger partial charge in [-0.3, -0.25) is 0 Å². The summed E-state index contributed by atoms with van der Waals surface area (Å²) >= 11 is 0. The summed E-state index contributed by atoms with van der Waals surface area (Å²) in [5.41, 5.74) is 11.0. The van der Waals surface area contributed by atoms with Crippen LogP contribution in [-0.2, 0) is 0 Å². The number of fused-ring (bicyclic) bond motifs is 6. The van der Waals surface area contributed by atoms with Gasteiger partial charge in [-0.25, -0.2) is 0 Å². The molecule has 0 saturated heterocycles. The summed E-state index contributed by atoms with van der Waals surface area (Å²) in [7, 11) is 0. The predicted octanol–water partition coefficient (Wildman–Crippen LogP) is 9.86. The maximum absolute atomic E-state index is 2.38. The van der Waals surface area contributed by atoms with Crippen LogP contribution < -0.4 is 0 Å². The number of nitrogens with zero attached hydrogens (tertiary/aromatic N) is 2. The van der Waals surface area contributed by atoms with E-state index in [9.17, 15) is 0 Å². The Morgan fingerprint density at radius 1 is 0.359 bits per heavy atom.